The summed E-state index contributed by atoms with van der Waals surface area (Å²) in [6.45, 7) is 0.339. The van der Waals surface area contributed by atoms with Crippen molar-refractivity contribution in [3.63, 3.8) is 0 Å². The first-order valence-electron chi connectivity index (χ1n) is 5.54. The zero-order valence-corrected chi connectivity index (χ0v) is 10.3. The van der Waals surface area contributed by atoms with Crippen LogP contribution in [0.3, 0.4) is 0 Å². The molecule has 1 aliphatic heterocycles. The predicted octanol–water partition coefficient (Wildman–Crippen LogP) is 1.22. The summed E-state index contributed by atoms with van der Waals surface area (Å²) in [6, 6.07) is 7.29. The van der Waals surface area contributed by atoms with Crippen LogP contribution in [0, 0.1) is 0 Å². The quantitative estimate of drug-likeness (QED) is 0.863. The summed E-state index contributed by atoms with van der Waals surface area (Å²) in [5.74, 6) is -0.451. The smallest absolute Gasteiger partial charge is 0.267 e. The molecule has 0 fully saturated rings. The fourth-order valence-electron chi connectivity index (χ4n) is 1.56. The number of hydrogen-bond acceptors (Lipinski definition) is 3. The van der Waals surface area contributed by atoms with Gasteiger partial charge in [-0.3, -0.25) is 9.59 Å². The average molecular weight is 266 g/mol. The average Bonchev–Trinajstić information content (AvgIpc) is 2.38. The SMILES string of the molecule is O=C1CCC(C(=O)NCc2ccccc2Cl)=NN1. The molecule has 0 saturated heterocycles. The van der Waals surface area contributed by atoms with E-state index in [2.05, 4.69) is 15.8 Å². The Balaban J connectivity index is 1.93. The van der Waals surface area contributed by atoms with Crippen molar-refractivity contribution in [2.24, 2.45) is 5.10 Å². The van der Waals surface area contributed by atoms with Crippen molar-refractivity contribution in [3.8, 4) is 0 Å². The van der Waals surface area contributed by atoms with E-state index in [-0.39, 0.29) is 11.8 Å². The Labute approximate surface area is 109 Å². The third-order valence-corrected chi connectivity index (χ3v) is 2.93. The molecule has 0 spiro atoms. The largest absolute Gasteiger partial charge is 0.347 e. The summed E-state index contributed by atoms with van der Waals surface area (Å²) >= 11 is 5.97. The molecule has 0 atom stereocenters. The number of benzene rings is 1. The Kier molecular flexibility index (Phi) is 3.94. The lowest BCUT2D eigenvalue weighted by atomic mass is 10.1. The van der Waals surface area contributed by atoms with Crippen LogP contribution >= 0.6 is 11.6 Å². The first-order chi connectivity index (χ1) is 8.66. The fourth-order valence-corrected chi connectivity index (χ4v) is 1.76. The van der Waals surface area contributed by atoms with Crippen molar-refractivity contribution in [2.45, 2.75) is 19.4 Å². The molecule has 2 rings (SSSR count). The summed E-state index contributed by atoms with van der Waals surface area (Å²) in [6.07, 6.45) is 0.651. The molecule has 1 aromatic rings. The van der Waals surface area contributed by atoms with Crippen molar-refractivity contribution in [2.75, 3.05) is 0 Å². The van der Waals surface area contributed by atoms with Crippen LogP contribution in [0.1, 0.15) is 18.4 Å². The fraction of sp³-hybridized carbons (Fsp3) is 0.250. The predicted molar refractivity (Wildman–Crippen MR) is 68.1 cm³/mol. The van der Waals surface area contributed by atoms with Gasteiger partial charge >= 0.3 is 0 Å². The Morgan fingerprint density at radius 1 is 1.39 bits per heavy atom. The number of hydrogen-bond donors (Lipinski definition) is 2. The maximum atomic E-state index is 11.8. The highest BCUT2D eigenvalue weighted by atomic mass is 35.5. The van der Waals surface area contributed by atoms with E-state index in [0.717, 1.165) is 5.56 Å². The molecule has 1 heterocycles. The van der Waals surface area contributed by atoms with E-state index in [4.69, 9.17) is 11.6 Å². The van der Waals surface area contributed by atoms with Crippen LogP contribution < -0.4 is 10.7 Å². The molecule has 18 heavy (non-hydrogen) atoms. The molecule has 5 nitrogen and oxygen atoms in total. The van der Waals surface area contributed by atoms with Crippen molar-refractivity contribution < 1.29 is 9.59 Å². The minimum absolute atomic E-state index is 0.169. The van der Waals surface area contributed by atoms with E-state index < -0.39 is 0 Å². The maximum absolute atomic E-state index is 11.8. The van der Waals surface area contributed by atoms with Crippen molar-refractivity contribution in [1.82, 2.24) is 10.7 Å². The summed E-state index contributed by atoms with van der Waals surface area (Å²) in [5, 5.41) is 7.04. The Bertz CT molecular complexity index is 514. The normalized spacial score (nSPS) is 14.7. The number of hydrazone groups is 1. The van der Waals surface area contributed by atoms with Gasteiger partial charge in [0.05, 0.1) is 0 Å². The minimum atomic E-state index is -0.282. The third kappa shape index (κ3) is 3.07. The number of halogens is 1. The highest BCUT2D eigenvalue weighted by molar-refractivity contribution is 6.39. The van der Waals surface area contributed by atoms with Gasteiger partial charge in [0.15, 0.2) is 0 Å². The van der Waals surface area contributed by atoms with Crippen LogP contribution in [0.2, 0.25) is 5.02 Å². The molecule has 0 aromatic heterocycles. The van der Waals surface area contributed by atoms with E-state index in [1.165, 1.54) is 0 Å². The van der Waals surface area contributed by atoms with Crippen LogP contribution in [-0.2, 0) is 16.1 Å². The van der Waals surface area contributed by atoms with Crippen LogP contribution in [-0.4, -0.2) is 17.5 Å². The van der Waals surface area contributed by atoms with Gasteiger partial charge in [0.2, 0.25) is 5.91 Å². The van der Waals surface area contributed by atoms with Crippen LogP contribution in [0.5, 0.6) is 0 Å². The Morgan fingerprint density at radius 3 is 2.83 bits per heavy atom. The van der Waals surface area contributed by atoms with Gasteiger partial charge in [0.1, 0.15) is 5.71 Å². The summed E-state index contributed by atoms with van der Waals surface area (Å²) < 4.78 is 0. The molecule has 0 bridgehead atoms. The van der Waals surface area contributed by atoms with E-state index in [1.54, 1.807) is 6.07 Å². The summed E-state index contributed by atoms with van der Waals surface area (Å²) in [5.41, 5.74) is 3.46. The van der Waals surface area contributed by atoms with E-state index in [1.807, 2.05) is 18.2 Å². The van der Waals surface area contributed by atoms with Gasteiger partial charge in [0, 0.05) is 24.4 Å². The number of nitrogens with zero attached hydrogens (tertiary/aromatic N) is 1. The van der Waals surface area contributed by atoms with E-state index in [0.29, 0.717) is 30.1 Å². The van der Waals surface area contributed by atoms with Gasteiger partial charge < -0.3 is 5.32 Å². The Hall–Kier alpha value is -1.88. The second-order valence-corrected chi connectivity index (χ2v) is 4.27. The summed E-state index contributed by atoms with van der Waals surface area (Å²) in [4.78, 5) is 22.6. The van der Waals surface area contributed by atoms with Crippen molar-refractivity contribution in [1.29, 1.82) is 0 Å². The van der Waals surface area contributed by atoms with Crippen molar-refractivity contribution in [3.05, 3.63) is 34.9 Å². The highest BCUT2D eigenvalue weighted by Gasteiger charge is 2.17. The zero-order chi connectivity index (χ0) is 13.0. The molecule has 1 aliphatic rings. The monoisotopic (exact) mass is 265 g/mol. The van der Waals surface area contributed by atoms with Crippen LogP contribution in [0.25, 0.3) is 0 Å². The zero-order valence-electron chi connectivity index (χ0n) is 9.57. The molecule has 94 valence electrons. The van der Waals surface area contributed by atoms with Crippen LogP contribution in [0.4, 0.5) is 0 Å². The van der Waals surface area contributed by atoms with E-state index >= 15 is 0 Å². The number of rotatable bonds is 3. The molecule has 2 amide bonds. The van der Waals surface area contributed by atoms with Gasteiger partial charge in [-0.1, -0.05) is 29.8 Å². The molecule has 2 N–H and O–H groups in total. The first-order valence-corrected chi connectivity index (χ1v) is 5.91. The number of nitrogens with one attached hydrogen (secondary N) is 2. The van der Waals surface area contributed by atoms with Gasteiger partial charge in [-0.05, 0) is 11.6 Å². The number of carbonyl (C=O) groups excluding carboxylic acids is 2. The molecule has 0 radical (unpaired) electrons. The second kappa shape index (κ2) is 5.64. The lowest BCUT2D eigenvalue weighted by molar-refractivity contribution is -0.121. The molecular formula is C12H12ClN3O2. The lowest BCUT2D eigenvalue weighted by Crippen LogP contribution is -2.36. The molecule has 0 saturated carbocycles. The van der Waals surface area contributed by atoms with Gasteiger partial charge in [-0.25, -0.2) is 5.43 Å². The van der Waals surface area contributed by atoms with Crippen molar-refractivity contribution >= 4 is 29.1 Å². The topological polar surface area (TPSA) is 70.6 Å². The molecule has 0 unspecified atom stereocenters. The van der Waals surface area contributed by atoms with Gasteiger partial charge in [0.25, 0.3) is 5.91 Å². The summed E-state index contributed by atoms with van der Waals surface area (Å²) in [7, 11) is 0. The maximum Gasteiger partial charge on any atom is 0.267 e. The highest BCUT2D eigenvalue weighted by Crippen LogP contribution is 2.14. The van der Waals surface area contributed by atoms with Gasteiger partial charge in [-0.15, -0.1) is 0 Å². The molecule has 0 aliphatic carbocycles. The standard InChI is InChI=1S/C12H12ClN3O2/c13-9-4-2-1-3-8(9)7-14-12(18)10-5-6-11(17)16-15-10/h1-4H,5-7H2,(H,14,18)(H,16,17). The van der Waals surface area contributed by atoms with E-state index in [9.17, 15) is 9.59 Å². The first kappa shape index (κ1) is 12.6. The number of amides is 2. The van der Waals surface area contributed by atoms with Gasteiger partial charge in [-0.2, -0.15) is 5.10 Å². The third-order valence-electron chi connectivity index (χ3n) is 2.56. The second-order valence-electron chi connectivity index (χ2n) is 3.87. The lowest BCUT2D eigenvalue weighted by Gasteiger charge is -2.12. The number of carbonyl (C=O) groups is 2. The molecule has 1 aromatic carbocycles. The Morgan fingerprint density at radius 2 is 2.17 bits per heavy atom. The molecule has 6 heteroatoms. The molecular weight excluding hydrogens is 254 g/mol. The minimum Gasteiger partial charge on any atom is -0.347 e. The van der Waals surface area contributed by atoms with Crippen LogP contribution in [0.15, 0.2) is 29.4 Å².